The summed E-state index contributed by atoms with van der Waals surface area (Å²) < 4.78 is 17.1. The zero-order chi connectivity index (χ0) is 90.3. The van der Waals surface area contributed by atoms with Crippen LogP contribution in [0.1, 0.15) is 359 Å². The van der Waals surface area contributed by atoms with E-state index in [1.54, 1.807) is 68.7 Å². The van der Waals surface area contributed by atoms with Gasteiger partial charge in [-0.1, -0.05) is 300 Å². The number of hydrogen-bond acceptors (Lipinski definition) is 11. The first-order chi connectivity index (χ1) is 51.8. The zero-order valence-electron chi connectivity index (χ0n) is 82.8. The topological polar surface area (TPSA) is 160 Å². The number of rotatable bonds is 0. The van der Waals surface area contributed by atoms with Crippen LogP contribution < -0.4 is 0 Å². The van der Waals surface area contributed by atoms with Crippen molar-refractivity contribution in [2.75, 3.05) is 13.1 Å². The molecule has 0 N–H and O–H groups in total. The maximum atomic E-state index is 4.58. The largest absolute Gasteiger partial charge is 0.473 e. The maximum absolute atomic E-state index is 4.58. The van der Waals surface area contributed by atoms with E-state index in [0.29, 0.717) is 0 Å². The highest BCUT2D eigenvalue weighted by Crippen LogP contribution is 2.13. The lowest BCUT2D eigenvalue weighted by molar-refractivity contribution is 0.354. The minimum Gasteiger partial charge on any atom is -0.473 e. The molecule has 6 aromatic heterocycles. The molecule has 0 saturated heterocycles. The molecule has 0 aromatic carbocycles. The summed E-state index contributed by atoms with van der Waals surface area (Å²) in [6.07, 6.45) is 49.8. The van der Waals surface area contributed by atoms with Crippen molar-refractivity contribution in [2.24, 2.45) is 55.5 Å². The number of aliphatic imine (C=N–C) groups is 4. The second kappa shape index (κ2) is 120. The van der Waals surface area contributed by atoms with Crippen molar-refractivity contribution < 1.29 is 8.83 Å². The van der Waals surface area contributed by atoms with Crippen LogP contribution in [0.25, 0.3) is 0 Å². The highest BCUT2D eigenvalue weighted by molar-refractivity contribution is 5.79. The van der Waals surface area contributed by atoms with Gasteiger partial charge in [-0.25, -0.2) is 24.6 Å². The highest BCUT2D eigenvalue weighted by Gasteiger charge is 2.13. The second-order valence-corrected chi connectivity index (χ2v) is 28.2. The number of nitrogens with zero attached hydrogens (tertiary/aromatic N) is 13. The van der Waals surface area contributed by atoms with E-state index in [2.05, 4.69) is 307 Å². The normalized spacial score (nSPS) is 10.3. The average Bonchev–Trinajstić information content (AvgIpc) is 1.78. The van der Waals surface area contributed by atoms with Crippen LogP contribution >= 0.6 is 0 Å². The lowest BCUT2D eigenvalue weighted by atomic mass is 10.1. The maximum Gasteiger partial charge on any atom is 0.180 e. The number of hydrogen-bond donors (Lipinski definition) is 0. The Morgan fingerprint density at radius 3 is 0.864 bits per heavy atom. The Morgan fingerprint density at radius 1 is 0.318 bits per heavy atom. The van der Waals surface area contributed by atoms with E-state index in [1.165, 1.54) is 12.7 Å². The third kappa shape index (κ3) is 180. The van der Waals surface area contributed by atoms with E-state index in [0.717, 1.165) is 61.4 Å². The van der Waals surface area contributed by atoms with Gasteiger partial charge in [-0.05, 0) is 161 Å². The summed E-state index contributed by atoms with van der Waals surface area (Å²) in [5, 5.41) is 8.10. The lowest BCUT2D eigenvalue weighted by Gasteiger charge is -2.20. The molecule has 0 unspecified atom stereocenters. The van der Waals surface area contributed by atoms with Crippen molar-refractivity contribution in [3.05, 3.63) is 167 Å². The van der Waals surface area contributed by atoms with Crippen LogP contribution in [-0.4, -0.2) is 81.7 Å². The molecule has 10 rings (SSSR count). The van der Waals surface area contributed by atoms with E-state index in [9.17, 15) is 0 Å². The van der Waals surface area contributed by atoms with Crippen molar-refractivity contribution in [1.29, 1.82) is 0 Å². The molecule has 0 spiro atoms. The number of aromatic nitrogens is 9. The van der Waals surface area contributed by atoms with Crippen LogP contribution in [0, 0.1) is 35.5 Å². The van der Waals surface area contributed by atoms with Crippen molar-refractivity contribution in [2.45, 2.75) is 381 Å². The molecule has 3 aliphatic heterocycles. The first-order valence-corrected chi connectivity index (χ1v) is 42.2. The summed E-state index contributed by atoms with van der Waals surface area (Å²) in [6, 6.07) is 9.70. The third-order valence-electron chi connectivity index (χ3n) is 7.90. The fraction of sp³-hybridized carbons (Fsp3) is 0.674. The summed E-state index contributed by atoms with van der Waals surface area (Å²) in [5.41, 5.74) is 0.611. The Morgan fingerprint density at radius 2 is 0.736 bits per heavy atom. The zero-order valence-corrected chi connectivity index (χ0v) is 82.8. The molecule has 0 fully saturated rings. The number of allylic oxidation sites excluding steroid dienone is 6. The van der Waals surface area contributed by atoms with Crippen molar-refractivity contribution in [1.82, 2.24) is 43.6 Å². The van der Waals surface area contributed by atoms with Gasteiger partial charge in [-0.3, -0.25) is 19.7 Å². The molecule has 0 bridgehead atoms. The standard InChI is InChI=1S/C8H13N.2C7H12N2.C6H11N3.C5H6.2C4H5N.C4H4O.6C4H10.C3H4N2.C3H3NO.10C2H6/c1-8(2,3)9-6-4-5-7-9;1-7(2,3)9-5-4-8-6-9;1-7(2,3)9-6-4-5-8-9;1-6(2,3)9-5-7-4-8-9;4*1-2-4-5-3-1;6*1-4(2)3;2*1-2-5-3-4-1;10*1-2/h4-7H,1-3H3;2*4-6H,1-3H3;4-5H,1-3H3;1-4H,5H2;1,3-4H,2H2;1-3H,4H2;1-4H;6*4H,1-3H3;1,3H,2H2;1-3H;10*1-2H3. The van der Waals surface area contributed by atoms with Crippen molar-refractivity contribution in [3.63, 3.8) is 0 Å². The molecule has 15 nitrogen and oxygen atoms in total. The Balaban J connectivity index is -0.0000000607. The van der Waals surface area contributed by atoms with E-state index in [-0.39, 0.29) is 22.2 Å². The van der Waals surface area contributed by atoms with Gasteiger partial charge in [0.25, 0.3) is 0 Å². The minimum atomic E-state index is 0.0660. The Bertz CT molecular complexity index is 2050. The number of oxazole rings is 1. The van der Waals surface area contributed by atoms with Gasteiger partial charge in [-0.2, -0.15) is 10.2 Å². The molecular formula is C95H195N13O2. The summed E-state index contributed by atoms with van der Waals surface area (Å²) in [5.74, 6) is 5.00. The van der Waals surface area contributed by atoms with E-state index < -0.39 is 0 Å². The average molecular weight is 1550 g/mol. The van der Waals surface area contributed by atoms with E-state index >= 15 is 0 Å². The van der Waals surface area contributed by atoms with E-state index in [1.807, 2.05) is 221 Å². The monoisotopic (exact) mass is 1550 g/mol. The SMILES string of the molecule is C1=CCC=C1.C1=CCN=C1.C1=CN=CC1.C1=NC=NC1.CC.CC.CC.CC.CC.CC.CC.CC.CC.CC.CC(C)(C)n1cccc1.CC(C)(C)n1cccn1.CC(C)(C)n1ccnc1.CC(C)(C)n1cncn1.CC(C)C.CC(C)C.CC(C)C.CC(C)C.CC(C)C.CC(C)C.c1ccoc1.c1cocn1. The molecular weight excluding hydrogens is 1360 g/mol. The fourth-order valence-corrected chi connectivity index (χ4v) is 4.30. The fourth-order valence-electron chi connectivity index (χ4n) is 4.30. The molecule has 110 heavy (non-hydrogen) atoms. The summed E-state index contributed by atoms with van der Waals surface area (Å²) >= 11 is 0. The Kier molecular flexibility index (Phi) is 155. The third-order valence-corrected chi connectivity index (χ3v) is 7.90. The van der Waals surface area contributed by atoms with Gasteiger partial charge in [0.15, 0.2) is 6.39 Å². The minimum absolute atomic E-state index is 0.0660. The van der Waals surface area contributed by atoms with Crippen LogP contribution in [-0.2, 0) is 22.2 Å². The van der Waals surface area contributed by atoms with Gasteiger partial charge in [0.2, 0.25) is 0 Å². The predicted octanol–water partition coefficient (Wildman–Crippen LogP) is 31.9. The van der Waals surface area contributed by atoms with Crippen LogP contribution in [0.4, 0.5) is 0 Å². The molecule has 0 saturated carbocycles. The molecule has 15 heteroatoms. The number of imidazole rings is 1. The molecule has 0 amide bonds. The van der Waals surface area contributed by atoms with Crippen LogP contribution in [0.3, 0.4) is 0 Å². The van der Waals surface area contributed by atoms with Gasteiger partial charge in [0.1, 0.15) is 25.3 Å². The summed E-state index contributed by atoms with van der Waals surface area (Å²) in [6.45, 7) is 106. The van der Waals surface area contributed by atoms with E-state index in [4.69, 9.17) is 0 Å². The molecule has 0 atom stereocenters. The quantitative estimate of drug-likeness (QED) is 0.146. The first-order valence-electron chi connectivity index (χ1n) is 42.2. The predicted molar refractivity (Wildman–Crippen MR) is 510 cm³/mol. The lowest BCUT2D eigenvalue weighted by Crippen LogP contribution is -2.21. The van der Waals surface area contributed by atoms with Gasteiger partial charge in [0, 0.05) is 79.5 Å². The molecule has 0 radical (unpaired) electrons. The first kappa shape index (κ1) is 142. The molecule has 6 aromatic rings. The molecule has 4 aliphatic rings. The Hall–Kier alpha value is -7.03. The Labute approximate surface area is 690 Å². The van der Waals surface area contributed by atoms with Gasteiger partial charge < -0.3 is 18.0 Å². The van der Waals surface area contributed by atoms with Crippen LogP contribution in [0.5, 0.6) is 0 Å². The highest BCUT2D eigenvalue weighted by atomic mass is 16.3. The molecule has 652 valence electrons. The summed E-state index contributed by atoms with van der Waals surface area (Å²) in [4.78, 5) is 26.4. The number of furan rings is 1. The van der Waals surface area contributed by atoms with Gasteiger partial charge >= 0.3 is 0 Å². The van der Waals surface area contributed by atoms with Gasteiger partial charge in [-0.15, -0.1) is 0 Å². The second-order valence-electron chi connectivity index (χ2n) is 28.2. The molecule has 9 heterocycles. The van der Waals surface area contributed by atoms with Crippen LogP contribution in [0.15, 0.2) is 195 Å². The smallest absolute Gasteiger partial charge is 0.180 e. The van der Waals surface area contributed by atoms with Crippen LogP contribution in [0.2, 0.25) is 0 Å². The molecule has 1 aliphatic carbocycles. The van der Waals surface area contributed by atoms with Crippen molar-refractivity contribution >= 4 is 25.0 Å². The van der Waals surface area contributed by atoms with Crippen molar-refractivity contribution in [3.8, 4) is 0 Å². The van der Waals surface area contributed by atoms with Gasteiger partial charge in [0.05, 0.1) is 49.2 Å². The summed E-state index contributed by atoms with van der Waals surface area (Å²) in [7, 11) is 0.